The van der Waals surface area contributed by atoms with Crippen molar-refractivity contribution in [2.75, 3.05) is 0 Å². The zero-order valence-corrected chi connectivity index (χ0v) is 12.4. The number of phenolic OH excluding ortho intramolecular Hbond substituents is 1. The van der Waals surface area contributed by atoms with E-state index in [1.165, 1.54) is 0 Å². The van der Waals surface area contributed by atoms with E-state index in [0.29, 0.717) is 5.56 Å². The molecule has 0 heterocycles. The van der Waals surface area contributed by atoms with Crippen molar-refractivity contribution in [1.29, 1.82) is 0 Å². The van der Waals surface area contributed by atoms with Gasteiger partial charge < -0.3 is 9.66 Å². The van der Waals surface area contributed by atoms with E-state index >= 15 is 0 Å². The zero-order chi connectivity index (χ0) is 15.5. The van der Waals surface area contributed by atoms with Crippen LogP contribution in [0.2, 0.25) is 0 Å². The molecule has 0 saturated carbocycles. The van der Waals surface area contributed by atoms with Crippen LogP contribution in [0.3, 0.4) is 0 Å². The first-order valence-corrected chi connectivity index (χ1v) is 7.81. The highest BCUT2D eigenvalue weighted by atomic mass is 32.2. The lowest BCUT2D eigenvalue weighted by atomic mass is 9.94. The molecule has 0 aliphatic rings. The lowest BCUT2D eigenvalue weighted by Crippen LogP contribution is -1.94. The standard InChI is InChI=1S/C18H14O3S/c19-14-11-9-13(10-12-14)15-5-1-2-6-16(15)17-7-3-4-8-18(17)22(20)21/h1-12,19H,(H,20,21)/p-1. The Bertz CT molecular complexity index is 826. The molecule has 22 heavy (non-hydrogen) atoms. The second-order valence-electron chi connectivity index (χ2n) is 4.82. The van der Waals surface area contributed by atoms with Crippen molar-refractivity contribution in [2.24, 2.45) is 0 Å². The smallest absolute Gasteiger partial charge is 0.115 e. The van der Waals surface area contributed by atoms with Gasteiger partial charge in [0.1, 0.15) is 5.75 Å². The summed E-state index contributed by atoms with van der Waals surface area (Å²) < 4.78 is 22.9. The van der Waals surface area contributed by atoms with Crippen molar-refractivity contribution in [2.45, 2.75) is 4.90 Å². The van der Waals surface area contributed by atoms with Crippen LogP contribution >= 0.6 is 0 Å². The summed E-state index contributed by atoms with van der Waals surface area (Å²) in [6.07, 6.45) is 0. The summed E-state index contributed by atoms with van der Waals surface area (Å²) in [6, 6.07) is 21.4. The molecule has 1 N–H and O–H groups in total. The minimum absolute atomic E-state index is 0.197. The summed E-state index contributed by atoms with van der Waals surface area (Å²) in [5, 5.41) is 9.43. The van der Waals surface area contributed by atoms with Crippen LogP contribution in [-0.2, 0) is 11.1 Å². The Hall–Kier alpha value is -2.43. The van der Waals surface area contributed by atoms with E-state index < -0.39 is 11.1 Å². The van der Waals surface area contributed by atoms with Crippen molar-refractivity contribution in [1.82, 2.24) is 0 Å². The normalized spacial score (nSPS) is 12.0. The van der Waals surface area contributed by atoms with Gasteiger partial charge >= 0.3 is 0 Å². The van der Waals surface area contributed by atoms with E-state index in [9.17, 15) is 13.9 Å². The molecule has 4 heteroatoms. The van der Waals surface area contributed by atoms with Gasteiger partial charge in [-0.15, -0.1) is 0 Å². The third-order valence-corrected chi connectivity index (χ3v) is 4.18. The number of hydrogen-bond acceptors (Lipinski definition) is 3. The summed E-state index contributed by atoms with van der Waals surface area (Å²) in [6.45, 7) is 0. The minimum atomic E-state index is -2.30. The van der Waals surface area contributed by atoms with Gasteiger partial charge in [0.25, 0.3) is 0 Å². The van der Waals surface area contributed by atoms with Crippen molar-refractivity contribution < 1.29 is 13.9 Å². The molecule has 110 valence electrons. The van der Waals surface area contributed by atoms with Crippen molar-refractivity contribution >= 4 is 11.1 Å². The van der Waals surface area contributed by atoms with Crippen molar-refractivity contribution in [3.05, 3.63) is 72.8 Å². The third kappa shape index (κ3) is 2.79. The molecular formula is C18H13O3S-. The summed E-state index contributed by atoms with van der Waals surface area (Å²) in [7, 11) is 0. The average molecular weight is 309 g/mol. The first kappa shape index (κ1) is 14.5. The molecule has 0 aliphatic heterocycles. The molecule has 0 aromatic heterocycles. The van der Waals surface area contributed by atoms with Gasteiger partial charge in [0.15, 0.2) is 0 Å². The SMILES string of the molecule is O=S([O-])c1ccccc1-c1ccccc1-c1ccc(O)cc1. The Labute approximate surface area is 131 Å². The van der Waals surface area contributed by atoms with Crippen molar-refractivity contribution in [3.63, 3.8) is 0 Å². The fraction of sp³-hybridized carbons (Fsp3) is 0. The Morgan fingerprint density at radius 3 is 1.91 bits per heavy atom. The molecule has 1 unspecified atom stereocenters. The second-order valence-corrected chi connectivity index (χ2v) is 5.73. The first-order valence-electron chi connectivity index (χ1n) is 6.74. The van der Waals surface area contributed by atoms with Crippen LogP contribution in [0.15, 0.2) is 77.7 Å². The number of hydrogen-bond donors (Lipinski definition) is 1. The van der Waals surface area contributed by atoms with Gasteiger partial charge in [0.2, 0.25) is 0 Å². The molecule has 3 nitrogen and oxygen atoms in total. The molecule has 3 aromatic rings. The Morgan fingerprint density at radius 2 is 1.27 bits per heavy atom. The monoisotopic (exact) mass is 309 g/mol. The third-order valence-electron chi connectivity index (χ3n) is 3.46. The summed E-state index contributed by atoms with van der Waals surface area (Å²) in [5.74, 6) is 0.197. The number of aromatic hydroxyl groups is 1. The van der Waals surface area contributed by atoms with Gasteiger partial charge in [-0.3, -0.25) is 4.21 Å². The molecule has 0 aliphatic carbocycles. The van der Waals surface area contributed by atoms with Crippen LogP contribution in [-0.4, -0.2) is 13.9 Å². The summed E-state index contributed by atoms with van der Waals surface area (Å²) >= 11 is -2.30. The maximum Gasteiger partial charge on any atom is 0.115 e. The summed E-state index contributed by atoms with van der Waals surface area (Å²) in [5.41, 5.74) is 3.34. The molecule has 1 atom stereocenters. The van der Waals surface area contributed by atoms with E-state index in [4.69, 9.17) is 0 Å². The van der Waals surface area contributed by atoms with Gasteiger partial charge in [0, 0.05) is 4.90 Å². The fourth-order valence-corrected chi connectivity index (χ4v) is 2.99. The topological polar surface area (TPSA) is 60.4 Å². The molecule has 0 saturated heterocycles. The second kappa shape index (κ2) is 6.13. The van der Waals surface area contributed by atoms with Crippen LogP contribution in [0.25, 0.3) is 22.3 Å². The van der Waals surface area contributed by atoms with Gasteiger partial charge in [-0.1, -0.05) is 54.6 Å². The highest BCUT2D eigenvalue weighted by molar-refractivity contribution is 7.79. The van der Waals surface area contributed by atoms with E-state index in [1.54, 1.807) is 30.3 Å². The van der Waals surface area contributed by atoms with E-state index in [-0.39, 0.29) is 10.6 Å². The molecule has 0 spiro atoms. The van der Waals surface area contributed by atoms with E-state index in [2.05, 4.69) is 0 Å². The first-order chi connectivity index (χ1) is 10.7. The zero-order valence-electron chi connectivity index (χ0n) is 11.6. The molecule has 0 bridgehead atoms. The molecule has 3 aromatic carbocycles. The van der Waals surface area contributed by atoms with Crippen LogP contribution in [0.5, 0.6) is 5.75 Å². The summed E-state index contributed by atoms with van der Waals surface area (Å²) in [4.78, 5) is 0.272. The average Bonchev–Trinajstić information content (AvgIpc) is 2.55. The Kier molecular flexibility index (Phi) is 4.04. The Morgan fingerprint density at radius 1 is 0.727 bits per heavy atom. The van der Waals surface area contributed by atoms with Crippen LogP contribution < -0.4 is 0 Å². The van der Waals surface area contributed by atoms with Gasteiger partial charge in [-0.25, -0.2) is 0 Å². The van der Waals surface area contributed by atoms with Gasteiger partial charge in [0.05, 0.1) is 0 Å². The highest BCUT2D eigenvalue weighted by Crippen LogP contribution is 2.35. The predicted octanol–water partition coefficient (Wildman–Crippen LogP) is 3.96. The number of rotatable bonds is 3. The lowest BCUT2D eigenvalue weighted by molar-refractivity contribution is 0.475. The number of benzene rings is 3. The predicted molar refractivity (Wildman–Crippen MR) is 86.2 cm³/mol. The maximum absolute atomic E-state index is 11.5. The molecule has 3 rings (SSSR count). The van der Waals surface area contributed by atoms with E-state index in [1.807, 2.05) is 42.5 Å². The van der Waals surface area contributed by atoms with Crippen LogP contribution in [0.1, 0.15) is 0 Å². The molecule has 0 amide bonds. The molecule has 0 fully saturated rings. The largest absolute Gasteiger partial charge is 0.768 e. The van der Waals surface area contributed by atoms with Gasteiger partial charge in [-0.05, 0) is 51.5 Å². The lowest BCUT2D eigenvalue weighted by Gasteiger charge is -2.15. The molecule has 0 radical (unpaired) electrons. The van der Waals surface area contributed by atoms with Crippen LogP contribution in [0, 0.1) is 0 Å². The quantitative estimate of drug-likeness (QED) is 0.745. The minimum Gasteiger partial charge on any atom is -0.768 e. The molecular weight excluding hydrogens is 296 g/mol. The highest BCUT2D eigenvalue weighted by Gasteiger charge is 2.10. The Balaban J connectivity index is 2.21. The van der Waals surface area contributed by atoms with E-state index in [0.717, 1.165) is 16.7 Å². The van der Waals surface area contributed by atoms with Crippen LogP contribution in [0.4, 0.5) is 0 Å². The van der Waals surface area contributed by atoms with Gasteiger partial charge in [-0.2, -0.15) is 0 Å². The van der Waals surface area contributed by atoms with Crippen molar-refractivity contribution in [3.8, 4) is 28.0 Å². The number of phenols is 1. The fourth-order valence-electron chi connectivity index (χ4n) is 2.45. The maximum atomic E-state index is 11.5.